The molecule has 1 heterocycles. The molecule has 3 aromatic rings. The second-order valence-corrected chi connectivity index (χ2v) is 7.65. The lowest BCUT2D eigenvalue weighted by molar-refractivity contribution is -0.116. The van der Waals surface area contributed by atoms with Crippen molar-refractivity contribution in [3.05, 3.63) is 71.7 Å². The highest BCUT2D eigenvalue weighted by atomic mass is 16.4. The van der Waals surface area contributed by atoms with E-state index >= 15 is 0 Å². The summed E-state index contributed by atoms with van der Waals surface area (Å²) in [5, 5.41) is 3.14. The molecule has 0 fully saturated rings. The first kappa shape index (κ1) is 19.9. The SMILES string of the molecule is CC(C)c1cccc(C(C)C)c1NC(=O)CCc1ncc(-c2ccccc2)o1. The molecule has 4 heteroatoms. The number of aryl methyl sites for hydroxylation is 1. The topological polar surface area (TPSA) is 55.1 Å². The highest BCUT2D eigenvalue weighted by molar-refractivity contribution is 5.92. The fraction of sp³-hybridized carbons (Fsp3) is 0.333. The van der Waals surface area contributed by atoms with Crippen molar-refractivity contribution in [1.82, 2.24) is 4.98 Å². The highest BCUT2D eigenvalue weighted by Crippen LogP contribution is 2.32. The van der Waals surface area contributed by atoms with Crippen molar-refractivity contribution in [2.75, 3.05) is 5.32 Å². The zero-order valence-corrected chi connectivity index (χ0v) is 17.0. The number of benzene rings is 2. The predicted molar refractivity (Wildman–Crippen MR) is 114 cm³/mol. The number of anilines is 1. The summed E-state index contributed by atoms with van der Waals surface area (Å²) in [6.07, 6.45) is 2.52. The van der Waals surface area contributed by atoms with Gasteiger partial charge in [0.2, 0.25) is 5.91 Å². The number of aromatic nitrogens is 1. The molecule has 0 spiro atoms. The molecule has 146 valence electrons. The van der Waals surface area contributed by atoms with Gasteiger partial charge in [-0.2, -0.15) is 0 Å². The fourth-order valence-electron chi connectivity index (χ4n) is 3.28. The van der Waals surface area contributed by atoms with Crippen LogP contribution in [0.3, 0.4) is 0 Å². The number of oxazole rings is 1. The van der Waals surface area contributed by atoms with Crippen LogP contribution in [0.5, 0.6) is 0 Å². The number of carbonyl (C=O) groups is 1. The summed E-state index contributed by atoms with van der Waals surface area (Å²) < 4.78 is 5.80. The summed E-state index contributed by atoms with van der Waals surface area (Å²) in [5.41, 5.74) is 4.28. The van der Waals surface area contributed by atoms with Crippen molar-refractivity contribution in [2.45, 2.75) is 52.4 Å². The summed E-state index contributed by atoms with van der Waals surface area (Å²) in [7, 11) is 0. The molecule has 2 aromatic carbocycles. The maximum absolute atomic E-state index is 12.6. The molecule has 0 unspecified atom stereocenters. The van der Waals surface area contributed by atoms with Crippen molar-refractivity contribution in [3.63, 3.8) is 0 Å². The number of para-hydroxylation sites is 1. The van der Waals surface area contributed by atoms with E-state index < -0.39 is 0 Å². The van der Waals surface area contributed by atoms with E-state index in [0.717, 1.165) is 17.0 Å². The van der Waals surface area contributed by atoms with Gasteiger partial charge in [0.1, 0.15) is 0 Å². The van der Waals surface area contributed by atoms with Gasteiger partial charge in [0, 0.05) is 24.1 Å². The third-order valence-electron chi connectivity index (χ3n) is 4.82. The van der Waals surface area contributed by atoms with Gasteiger partial charge in [-0.1, -0.05) is 76.2 Å². The maximum Gasteiger partial charge on any atom is 0.224 e. The van der Waals surface area contributed by atoms with E-state index in [-0.39, 0.29) is 5.91 Å². The lowest BCUT2D eigenvalue weighted by Gasteiger charge is -2.20. The first-order valence-electron chi connectivity index (χ1n) is 9.88. The molecular weight excluding hydrogens is 348 g/mol. The van der Waals surface area contributed by atoms with Crippen LogP contribution in [-0.4, -0.2) is 10.9 Å². The summed E-state index contributed by atoms with van der Waals surface area (Å²) in [6.45, 7) is 8.58. The molecule has 0 atom stereocenters. The summed E-state index contributed by atoms with van der Waals surface area (Å²) in [5.74, 6) is 1.97. The van der Waals surface area contributed by atoms with Crippen LogP contribution in [0.1, 0.15) is 63.0 Å². The number of hydrogen-bond donors (Lipinski definition) is 1. The minimum atomic E-state index is -0.0190. The molecule has 0 radical (unpaired) electrons. The summed E-state index contributed by atoms with van der Waals surface area (Å²) in [4.78, 5) is 16.9. The Morgan fingerprint density at radius 3 is 2.21 bits per heavy atom. The van der Waals surface area contributed by atoms with Crippen LogP contribution < -0.4 is 5.32 Å². The molecule has 0 saturated carbocycles. The second-order valence-electron chi connectivity index (χ2n) is 7.65. The first-order chi connectivity index (χ1) is 13.5. The lowest BCUT2D eigenvalue weighted by Crippen LogP contribution is -2.16. The molecule has 1 N–H and O–H groups in total. The molecule has 0 aliphatic carbocycles. The molecule has 3 rings (SSSR count). The quantitative estimate of drug-likeness (QED) is 0.537. The molecule has 0 aliphatic heterocycles. The molecule has 0 aliphatic rings. The normalized spacial score (nSPS) is 11.2. The van der Waals surface area contributed by atoms with Gasteiger partial charge < -0.3 is 9.73 Å². The average molecular weight is 376 g/mol. The first-order valence-corrected chi connectivity index (χ1v) is 9.88. The molecule has 1 aromatic heterocycles. The number of hydrogen-bond acceptors (Lipinski definition) is 3. The van der Waals surface area contributed by atoms with Gasteiger partial charge in [-0.3, -0.25) is 4.79 Å². The van der Waals surface area contributed by atoms with Crippen molar-refractivity contribution in [3.8, 4) is 11.3 Å². The van der Waals surface area contributed by atoms with Crippen molar-refractivity contribution >= 4 is 11.6 Å². The van der Waals surface area contributed by atoms with Gasteiger partial charge in [0.05, 0.1) is 6.20 Å². The van der Waals surface area contributed by atoms with Gasteiger partial charge in [0.15, 0.2) is 11.7 Å². The van der Waals surface area contributed by atoms with Crippen molar-refractivity contribution in [1.29, 1.82) is 0 Å². The van der Waals surface area contributed by atoms with E-state index in [1.807, 2.05) is 30.3 Å². The van der Waals surface area contributed by atoms with E-state index in [1.54, 1.807) is 6.20 Å². The molecule has 0 saturated heterocycles. The number of nitrogens with one attached hydrogen (secondary N) is 1. The van der Waals surface area contributed by atoms with Crippen LogP contribution in [0.2, 0.25) is 0 Å². The molecule has 0 bridgehead atoms. The Bertz CT molecular complexity index is 901. The van der Waals surface area contributed by atoms with E-state index in [0.29, 0.717) is 30.6 Å². The van der Waals surface area contributed by atoms with E-state index in [4.69, 9.17) is 4.42 Å². The number of nitrogens with zero attached hydrogens (tertiary/aromatic N) is 1. The summed E-state index contributed by atoms with van der Waals surface area (Å²) in [6, 6.07) is 16.1. The van der Waals surface area contributed by atoms with Crippen LogP contribution in [0, 0.1) is 0 Å². The molecular formula is C24H28N2O2. The van der Waals surface area contributed by atoms with Gasteiger partial charge in [-0.15, -0.1) is 0 Å². The Morgan fingerprint density at radius 1 is 0.964 bits per heavy atom. The van der Waals surface area contributed by atoms with Gasteiger partial charge in [-0.25, -0.2) is 4.98 Å². The van der Waals surface area contributed by atoms with Gasteiger partial charge in [0.25, 0.3) is 0 Å². The largest absolute Gasteiger partial charge is 0.441 e. The van der Waals surface area contributed by atoms with Crippen LogP contribution in [-0.2, 0) is 11.2 Å². The standard InChI is InChI=1S/C24H28N2O2/c1-16(2)19-11-8-12-20(17(3)4)24(19)26-22(27)13-14-23-25-15-21(28-23)18-9-6-5-7-10-18/h5-12,15-17H,13-14H2,1-4H3,(H,26,27). The zero-order valence-electron chi connectivity index (χ0n) is 17.0. The van der Waals surface area contributed by atoms with Crippen molar-refractivity contribution < 1.29 is 9.21 Å². The monoisotopic (exact) mass is 376 g/mol. The van der Waals surface area contributed by atoms with Crippen LogP contribution in [0.25, 0.3) is 11.3 Å². The van der Waals surface area contributed by atoms with E-state index in [9.17, 15) is 4.79 Å². The Balaban J connectivity index is 1.68. The Morgan fingerprint density at radius 2 is 1.61 bits per heavy atom. The second kappa shape index (κ2) is 8.87. The Kier molecular flexibility index (Phi) is 6.30. The molecule has 28 heavy (non-hydrogen) atoms. The Labute approximate surface area is 167 Å². The van der Waals surface area contributed by atoms with Crippen LogP contribution >= 0.6 is 0 Å². The van der Waals surface area contributed by atoms with Gasteiger partial charge >= 0.3 is 0 Å². The zero-order chi connectivity index (χ0) is 20.1. The van der Waals surface area contributed by atoms with E-state index in [1.165, 1.54) is 11.1 Å². The maximum atomic E-state index is 12.6. The smallest absolute Gasteiger partial charge is 0.224 e. The minimum absolute atomic E-state index is 0.0190. The third kappa shape index (κ3) is 4.69. The number of rotatable bonds is 7. The molecule has 4 nitrogen and oxygen atoms in total. The van der Waals surface area contributed by atoms with Crippen LogP contribution in [0.4, 0.5) is 5.69 Å². The van der Waals surface area contributed by atoms with Gasteiger partial charge in [-0.05, 0) is 23.0 Å². The van der Waals surface area contributed by atoms with Crippen molar-refractivity contribution in [2.24, 2.45) is 0 Å². The molecule has 1 amide bonds. The average Bonchev–Trinajstić information content (AvgIpc) is 3.16. The van der Waals surface area contributed by atoms with E-state index in [2.05, 4.69) is 56.2 Å². The third-order valence-corrected chi connectivity index (χ3v) is 4.82. The number of amides is 1. The predicted octanol–water partition coefficient (Wildman–Crippen LogP) is 6.16. The number of carbonyl (C=O) groups excluding carboxylic acids is 1. The Hall–Kier alpha value is -2.88. The minimum Gasteiger partial charge on any atom is -0.441 e. The summed E-state index contributed by atoms with van der Waals surface area (Å²) >= 11 is 0. The highest BCUT2D eigenvalue weighted by Gasteiger charge is 2.16. The van der Waals surface area contributed by atoms with Crippen LogP contribution in [0.15, 0.2) is 59.1 Å². The fourth-order valence-corrected chi connectivity index (χ4v) is 3.28. The lowest BCUT2D eigenvalue weighted by atomic mass is 9.92.